The molecular formula is C29H34BrN3O5S2. The highest BCUT2D eigenvalue weighted by Gasteiger charge is 2.33. The van der Waals surface area contributed by atoms with Gasteiger partial charge in [0.25, 0.3) is 10.0 Å². The Morgan fingerprint density at radius 3 is 2.35 bits per heavy atom. The fourth-order valence-electron chi connectivity index (χ4n) is 4.07. The highest BCUT2D eigenvalue weighted by molar-refractivity contribution is 9.10. The van der Waals surface area contributed by atoms with Crippen LogP contribution in [0.1, 0.15) is 26.3 Å². The van der Waals surface area contributed by atoms with Gasteiger partial charge in [-0.3, -0.25) is 13.9 Å². The van der Waals surface area contributed by atoms with Crippen molar-refractivity contribution < 1.29 is 22.7 Å². The molecule has 0 aromatic heterocycles. The SMILES string of the molecule is CCNC(=O)[C@H](C)N(Cc1cccc(Br)c1)C(=O)CN(c1ccccc1OCC)S(=O)(=O)c1ccc(SC)cc1. The molecule has 0 saturated heterocycles. The van der Waals surface area contributed by atoms with E-state index in [0.717, 1.165) is 19.2 Å². The average molecular weight is 649 g/mol. The Bertz CT molecular complexity index is 1420. The summed E-state index contributed by atoms with van der Waals surface area (Å²) in [6, 6.07) is 19.8. The maximum absolute atomic E-state index is 14.1. The first kappa shape index (κ1) is 31.5. The van der Waals surface area contributed by atoms with Gasteiger partial charge in [0.05, 0.1) is 17.2 Å². The molecule has 0 saturated carbocycles. The molecule has 0 aliphatic heterocycles. The largest absolute Gasteiger partial charge is 0.492 e. The minimum atomic E-state index is -4.20. The van der Waals surface area contributed by atoms with Crippen molar-refractivity contribution in [3.05, 3.63) is 82.8 Å². The number of carbonyl (C=O) groups is 2. The third-order valence-electron chi connectivity index (χ3n) is 6.12. The van der Waals surface area contributed by atoms with Gasteiger partial charge in [-0.15, -0.1) is 11.8 Å². The van der Waals surface area contributed by atoms with E-state index in [2.05, 4.69) is 21.2 Å². The van der Waals surface area contributed by atoms with Crippen LogP contribution >= 0.6 is 27.7 Å². The van der Waals surface area contributed by atoms with Gasteiger partial charge in [-0.25, -0.2) is 8.42 Å². The minimum Gasteiger partial charge on any atom is -0.492 e. The van der Waals surface area contributed by atoms with Crippen LogP contribution in [0.5, 0.6) is 5.75 Å². The number of hydrogen-bond acceptors (Lipinski definition) is 6. The Morgan fingerprint density at radius 2 is 1.73 bits per heavy atom. The molecule has 3 rings (SSSR count). The summed E-state index contributed by atoms with van der Waals surface area (Å²) in [4.78, 5) is 29.2. The van der Waals surface area contributed by atoms with Crippen LogP contribution in [-0.2, 0) is 26.2 Å². The summed E-state index contributed by atoms with van der Waals surface area (Å²) in [7, 11) is -4.20. The summed E-state index contributed by atoms with van der Waals surface area (Å²) in [6.07, 6.45) is 1.91. The standard InChI is InChI=1S/C29H34BrN3O5S2/c1-5-31-29(35)21(3)32(19-22-10-9-11-23(30)18-22)28(34)20-33(26-12-7-8-13-27(26)38-6-2)40(36,37)25-16-14-24(39-4)15-17-25/h7-18,21H,5-6,19-20H2,1-4H3,(H,31,35)/t21-/m0/s1. The summed E-state index contributed by atoms with van der Waals surface area (Å²) >= 11 is 4.95. The maximum atomic E-state index is 14.1. The number of nitrogens with one attached hydrogen (secondary N) is 1. The first-order valence-corrected chi connectivity index (χ1v) is 16.3. The first-order valence-electron chi connectivity index (χ1n) is 12.8. The summed E-state index contributed by atoms with van der Waals surface area (Å²) in [5.74, 6) is -0.533. The lowest BCUT2D eigenvalue weighted by molar-refractivity contribution is -0.139. The smallest absolute Gasteiger partial charge is 0.264 e. The van der Waals surface area contributed by atoms with E-state index in [-0.39, 0.29) is 23.0 Å². The normalized spacial score (nSPS) is 11.9. The molecule has 8 nitrogen and oxygen atoms in total. The third-order valence-corrected chi connectivity index (χ3v) is 9.13. The second-order valence-corrected chi connectivity index (χ2v) is 12.5. The molecule has 0 aliphatic rings. The van der Waals surface area contributed by atoms with Crippen LogP contribution in [0.25, 0.3) is 0 Å². The number of halogens is 1. The fourth-order valence-corrected chi connectivity index (χ4v) is 6.35. The fraction of sp³-hybridized carbons (Fsp3) is 0.310. The van der Waals surface area contributed by atoms with Gasteiger partial charge in [0.2, 0.25) is 11.8 Å². The van der Waals surface area contributed by atoms with Gasteiger partial charge < -0.3 is 15.0 Å². The number of benzene rings is 3. The van der Waals surface area contributed by atoms with Gasteiger partial charge in [0, 0.05) is 22.5 Å². The molecule has 0 radical (unpaired) electrons. The molecule has 1 N–H and O–H groups in total. The molecule has 3 aromatic carbocycles. The lowest BCUT2D eigenvalue weighted by Gasteiger charge is -2.32. The van der Waals surface area contributed by atoms with Crippen LogP contribution in [0.3, 0.4) is 0 Å². The molecule has 0 bridgehead atoms. The monoisotopic (exact) mass is 647 g/mol. The van der Waals surface area contributed by atoms with Crippen LogP contribution in [0.15, 0.2) is 87.1 Å². The van der Waals surface area contributed by atoms with E-state index in [9.17, 15) is 18.0 Å². The molecular weight excluding hydrogens is 614 g/mol. The highest BCUT2D eigenvalue weighted by Crippen LogP contribution is 2.33. The van der Waals surface area contributed by atoms with Gasteiger partial charge in [-0.2, -0.15) is 0 Å². The van der Waals surface area contributed by atoms with Gasteiger partial charge in [0.15, 0.2) is 0 Å². The van der Waals surface area contributed by atoms with Crippen molar-refractivity contribution in [3.63, 3.8) is 0 Å². The van der Waals surface area contributed by atoms with Crippen molar-refractivity contribution in [1.29, 1.82) is 0 Å². The minimum absolute atomic E-state index is 0.0414. The van der Waals surface area contributed by atoms with E-state index in [1.807, 2.05) is 30.5 Å². The van der Waals surface area contributed by atoms with Crippen molar-refractivity contribution in [2.24, 2.45) is 0 Å². The Morgan fingerprint density at radius 1 is 1.02 bits per heavy atom. The number of rotatable bonds is 13. The van der Waals surface area contributed by atoms with E-state index < -0.39 is 28.5 Å². The lowest BCUT2D eigenvalue weighted by atomic mass is 10.1. The summed E-state index contributed by atoms with van der Waals surface area (Å²) in [5, 5.41) is 2.76. The first-order chi connectivity index (χ1) is 19.1. The number of ether oxygens (including phenoxy) is 1. The summed E-state index contributed by atoms with van der Waals surface area (Å²) in [6.45, 7) is 5.52. The average Bonchev–Trinajstić information content (AvgIpc) is 2.95. The zero-order chi connectivity index (χ0) is 29.3. The van der Waals surface area contributed by atoms with Crippen LogP contribution < -0.4 is 14.4 Å². The van der Waals surface area contributed by atoms with Crippen molar-refractivity contribution in [2.75, 3.05) is 30.3 Å². The molecule has 1 atom stereocenters. The van der Waals surface area contributed by atoms with Crippen molar-refractivity contribution in [1.82, 2.24) is 10.2 Å². The van der Waals surface area contributed by atoms with Crippen molar-refractivity contribution in [2.45, 2.75) is 43.1 Å². The molecule has 214 valence electrons. The van der Waals surface area contributed by atoms with E-state index in [0.29, 0.717) is 18.9 Å². The maximum Gasteiger partial charge on any atom is 0.264 e. The second-order valence-electron chi connectivity index (χ2n) is 8.81. The molecule has 0 heterocycles. The van der Waals surface area contributed by atoms with Crippen molar-refractivity contribution >= 4 is 55.2 Å². The van der Waals surface area contributed by atoms with Gasteiger partial charge in [0.1, 0.15) is 18.3 Å². The number of sulfonamides is 1. The Hall–Kier alpha value is -3.02. The molecule has 0 aliphatic carbocycles. The van der Waals surface area contributed by atoms with Gasteiger partial charge >= 0.3 is 0 Å². The lowest BCUT2D eigenvalue weighted by Crippen LogP contribution is -2.51. The molecule has 40 heavy (non-hydrogen) atoms. The number of nitrogens with zero attached hydrogens (tertiary/aromatic N) is 2. The number of likely N-dealkylation sites (N-methyl/N-ethyl adjacent to an activating group) is 1. The van der Waals surface area contributed by atoms with Crippen molar-refractivity contribution in [3.8, 4) is 5.75 Å². The van der Waals surface area contributed by atoms with Crippen LogP contribution in [-0.4, -0.2) is 57.1 Å². The number of anilines is 1. The van der Waals surface area contributed by atoms with E-state index in [1.54, 1.807) is 57.2 Å². The predicted molar refractivity (Wildman–Crippen MR) is 163 cm³/mol. The van der Waals surface area contributed by atoms with E-state index in [4.69, 9.17) is 4.74 Å². The molecule has 2 amide bonds. The Balaban J connectivity index is 2.09. The number of para-hydroxylation sites is 2. The topological polar surface area (TPSA) is 96.0 Å². The zero-order valence-corrected chi connectivity index (χ0v) is 26.2. The summed E-state index contributed by atoms with van der Waals surface area (Å²) in [5.41, 5.74) is 1.02. The number of carbonyl (C=O) groups excluding carboxylic acids is 2. The number of amides is 2. The molecule has 0 fully saturated rings. The predicted octanol–water partition coefficient (Wildman–Crippen LogP) is 5.32. The molecule has 0 unspecified atom stereocenters. The van der Waals surface area contributed by atoms with Gasteiger partial charge in [-0.1, -0.05) is 40.2 Å². The van der Waals surface area contributed by atoms with Crippen LogP contribution in [0.4, 0.5) is 5.69 Å². The van der Waals surface area contributed by atoms with E-state index in [1.165, 1.54) is 28.8 Å². The highest BCUT2D eigenvalue weighted by atomic mass is 79.9. The molecule has 0 spiro atoms. The van der Waals surface area contributed by atoms with Crippen LogP contribution in [0.2, 0.25) is 0 Å². The number of thioether (sulfide) groups is 1. The molecule has 11 heteroatoms. The molecule has 3 aromatic rings. The third kappa shape index (κ3) is 7.80. The summed E-state index contributed by atoms with van der Waals surface area (Å²) < 4.78 is 35.8. The Kier molecular flexibility index (Phi) is 11.5. The van der Waals surface area contributed by atoms with Crippen LogP contribution in [0, 0.1) is 0 Å². The number of hydrogen-bond donors (Lipinski definition) is 1. The zero-order valence-electron chi connectivity index (χ0n) is 23.0. The van der Waals surface area contributed by atoms with E-state index >= 15 is 0 Å². The van der Waals surface area contributed by atoms with Gasteiger partial charge in [-0.05, 0) is 81.1 Å². The Labute approximate surface area is 249 Å². The quantitative estimate of drug-likeness (QED) is 0.252. The second kappa shape index (κ2) is 14.6.